The van der Waals surface area contributed by atoms with E-state index in [0.29, 0.717) is 31.9 Å². The van der Waals surface area contributed by atoms with Crippen molar-refractivity contribution in [3.63, 3.8) is 0 Å². The Labute approximate surface area is 143 Å². The molecule has 0 N–H and O–H groups in total. The molecule has 2 aliphatic rings. The van der Waals surface area contributed by atoms with Gasteiger partial charge in [0.1, 0.15) is 5.75 Å². The molecule has 0 radical (unpaired) electrons. The van der Waals surface area contributed by atoms with Crippen molar-refractivity contribution in [3.05, 3.63) is 29.8 Å². The Morgan fingerprint density at radius 2 is 1.58 bits per heavy atom. The van der Waals surface area contributed by atoms with Crippen LogP contribution in [0.15, 0.2) is 24.3 Å². The van der Waals surface area contributed by atoms with Gasteiger partial charge in [-0.25, -0.2) is 0 Å². The molecule has 5 heteroatoms. The van der Waals surface area contributed by atoms with Crippen molar-refractivity contribution in [1.82, 2.24) is 9.80 Å². The molecular formula is C19H26N2O3. The smallest absolute Gasteiger partial charge is 0.260 e. The molecule has 1 aromatic carbocycles. The third-order valence-corrected chi connectivity index (χ3v) is 5.03. The molecule has 1 saturated carbocycles. The minimum Gasteiger partial charge on any atom is -0.484 e. The summed E-state index contributed by atoms with van der Waals surface area (Å²) in [5.74, 6) is 1.21. The molecule has 0 unspecified atom stereocenters. The second-order valence-corrected chi connectivity index (χ2v) is 6.79. The SMILES string of the molecule is Cc1ccc(OCC(=O)N2CCN(C(=O)C3CCCC3)CC2)cc1. The van der Waals surface area contributed by atoms with Gasteiger partial charge in [-0.15, -0.1) is 0 Å². The van der Waals surface area contributed by atoms with Crippen LogP contribution < -0.4 is 4.74 Å². The normalized spacial score (nSPS) is 18.7. The van der Waals surface area contributed by atoms with Crippen molar-refractivity contribution < 1.29 is 14.3 Å². The van der Waals surface area contributed by atoms with Gasteiger partial charge in [-0.3, -0.25) is 9.59 Å². The van der Waals surface area contributed by atoms with Crippen LogP contribution in [0.3, 0.4) is 0 Å². The number of rotatable bonds is 4. The van der Waals surface area contributed by atoms with Gasteiger partial charge < -0.3 is 14.5 Å². The molecule has 0 spiro atoms. The number of nitrogens with zero attached hydrogens (tertiary/aromatic N) is 2. The average Bonchev–Trinajstić information content (AvgIpc) is 3.15. The highest BCUT2D eigenvalue weighted by Crippen LogP contribution is 2.26. The largest absolute Gasteiger partial charge is 0.484 e. The standard InChI is InChI=1S/C19H26N2O3/c1-15-6-8-17(9-7-15)24-14-18(22)20-10-12-21(13-11-20)19(23)16-4-2-3-5-16/h6-9,16H,2-5,10-14H2,1H3. The lowest BCUT2D eigenvalue weighted by Crippen LogP contribution is -2.52. The minimum atomic E-state index is -0.0106. The Hall–Kier alpha value is -2.04. The molecule has 1 saturated heterocycles. The fraction of sp³-hybridized carbons (Fsp3) is 0.579. The van der Waals surface area contributed by atoms with Crippen LogP contribution in [-0.4, -0.2) is 54.4 Å². The summed E-state index contributed by atoms with van der Waals surface area (Å²) in [6, 6.07) is 7.68. The number of ether oxygens (including phenoxy) is 1. The van der Waals surface area contributed by atoms with Crippen molar-refractivity contribution in [2.45, 2.75) is 32.6 Å². The van der Waals surface area contributed by atoms with Gasteiger partial charge in [-0.1, -0.05) is 30.5 Å². The molecule has 0 bridgehead atoms. The predicted octanol–water partition coefficient (Wildman–Crippen LogP) is 2.23. The van der Waals surface area contributed by atoms with Gasteiger partial charge >= 0.3 is 0 Å². The summed E-state index contributed by atoms with van der Waals surface area (Å²) in [4.78, 5) is 28.4. The van der Waals surface area contributed by atoms with E-state index in [4.69, 9.17) is 4.74 Å². The topological polar surface area (TPSA) is 49.9 Å². The van der Waals surface area contributed by atoms with Gasteiger partial charge in [0.2, 0.25) is 5.91 Å². The summed E-state index contributed by atoms with van der Waals surface area (Å²) in [6.07, 6.45) is 4.40. The van der Waals surface area contributed by atoms with E-state index in [1.165, 1.54) is 12.8 Å². The van der Waals surface area contributed by atoms with Crippen molar-refractivity contribution >= 4 is 11.8 Å². The molecule has 130 valence electrons. The third-order valence-electron chi connectivity index (χ3n) is 5.03. The number of hydrogen-bond acceptors (Lipinski definition) is 3. The second-order valence-electron chi connectivity index (χ2n) is 6.79. The van der Waals surface area contributed by atoms with E-state index in [0.717, 1.165) is 18.4 Å². The van der Waals surface area contributed by atoms with Crippen LogP contribution in [-0.2, 0) is 9.59 Å². The number of piperazine rings is 1. The molecule has 1 heterocycles. The molecule has 5 nitrogen and oxygen atoms in total. The number of amides is 2. The summed E-state index contributed by atoms with van der Waals surface area (Å²) >= 11 is 0. The summed E-state index contributed by atoms with van der Waals surface area (Å²) < 4.78 is 5.56. The Morgan fingerprint density at radius 3 is 2.21 bits per heavy atom. The Balaban J connectivity index is 1.43. The molecule has 1 aliphatic carbocycles. The van der Waals surface area contributed by atoms with Crippen molar-refractivity contribution in [1.29, 1.82) is 0 Å². The van der Waals surface area contributed by atoms with Crippen LogP contribution in [0.4, 0.5) is 0 Å². The van der Waals surface area contributed by atoms with E-state index < -0.39 is 0 Å². The number of hydrogen-bond donors (Lipinski definition) is 0. The van der Waals surface area contributed by atoms with Gasteiger partial charge in [-0.2, -0.15) is 0 Å². The summed E-state index contributed by atoms with van der Waals surface area (Å²) in [5.41, 5.74) is 1.16. The zero-order chi connectivity index (χ0) is 16.9. The molecular weight excluding hydrogens is 304 g/mol. The maximum atomic E-state index is 12.4. The number of benzene rings is 1. The summed E-state index contributed by atoms with van der Waals surface area (Å²) in [5, 5.41) is 0. The molecule has 24 heavy (non-hydrogen) atoms. The quantitative estimate of drug-likeness (QED) is 0.851. The van der Waals surface area contributed by atoms with Crippen LogP contribution in [0.5, 0.6) is 5.75 Å². The number of carbonyl (C=O) groups excluding carboxylic acids is 2. The van der Waals surface area contributed by atoms with E-state index in [1.807, 2.05) is 36.1 Å². The maximum Gasteiger partial charge on any atom is 0.260 e. The Kier molecular flexibility index (Phi) is 5.38. The molecule has 2 amide bonds. The lowest BCUT2D eigenvalue weighted by atomic mass is 10.1. The van der Waals surface area contributed by atoms with Gasteiger partial charge in [0.05, 0.1) is 0 Å². The van der Waals surface area contributed by atoms with Crippen LogP contribution in [0.25, 0.3) is 0 Å². The first-order chi connectivity index (χ1) is 11.6. The van der Waals surface area contributed by atoms with Crippen LogP contribution in [0.2, 0.25) is 0 Å². The first kappa shape index (κ1) is 16.8. The summed E-state index contributed by atoms with van der Waals surface area (Å²) in [6.45, 7) is 4.57. The van der Waals surface area contributed by atoms with Crippen molar-refractivity contribution in [2.24, 2.45) is 5.92 Å². The predicted molar refractivity (Wildman–Crippen MR) is 91.8 cm³/mol. The maximum absolute atomic E-state index is 12.4. The first-order valence-corrected chi connectivity index (χ1v) is 8.89. The van der Waals surface area contributed by atoms with Crippen molar-refractivity contribution in [3.8, 4) is 5.75 Å². The Morgan fingerprint density at radius 1 is 1.00 bits per heavy atom. The van der Waals surface area contributed by atoms with E-state index in [2.05, 4.69) is 0 Å². The van der Waals surface area contributed by atoms with Gasteiger partial charge in [0, 0.05) is 32.1 Å². The molecule has 2 fully saturated rings. The van der Waals surface area contributed by atoms with E-state index in [9.17, 15) is 9.59 Å². The highest BCUT2D eigenvalue weighted by molar-refractivity contribution is 5.80. The monoisotopic (exact) mass is 330 g/mol. The van der Waals surface area contributed by atoms with Gasteiger partial charge in [-0.05, 0) is 31.9 Å². The lowest BCUT2D eigenvalue weighted by molar-refractivity contribution is -0.142. The molecule has 0 atom stereocenters. The number of aryl methyl sites for hydroxylation is 1. The molecule has 0 aromatic heterocycles. The van der Waals surface area contributed by atoms with Gasteiger partial charge in [0.15, 0.2) is 6.61 Å². The van der Waals surface area contributed by atoms with Crippen molar-refractivity contribution in [2.75, 3.05) is 32.8 Å². The van der Waals surface area contributed by atoms with E-state index >= 15 is 0 Å². The van der Waals surface area contributed by atoms with E-state index in [-0.39, 0.29) is 24.3 Å². The zero-order valence-electron chi connectivity index (χ0n) is 14.4. The first-order valence-electron chi connectivity index (χ1n) is 8.89. The minimum absolute atomic E-state index is 0.0106. The van der Waals surface area contributed by atoms with Crippen LogP contribution in [0.1, 0.15) is 31.2 Å². The van der Waals surface area contributed by atoms with E-state index in [1.54, 1.807) is 4.90 Å². The highest BCUT2D eigenvalue weighted by Gasteiger charge is 2.30. The average molecular weight is 330 g/mol. The number of carbonyl (C=O) groups is 2. The molecule has 3 rings (SSSR count). The van der Waals surface area contributed by atoms with Crippen LogP contribution in [0, 0.1) is 12.8 Å². The fourth-order valence-electron chi connectivity index (χ4n) is 3.48. The fourth-order valence-corrected chi connectivity index (χ4v) is 3.48. The third kappa shape index (κ3) is 4.08. The second kappa shape index (κ2) is 7.69. The van der Waals surface area contributed by atoms with Gasteiger partial charge in [0.25, 0.3) is 5.91 Å². The summed E-state index contributed by atoms with van der Waals surface area (Å²) in [7, 11) is 0. The zero-order valence-corrected chi connectivity index (χ0v) is 14.4. The molecule has 1 aromatic rings. The van der Waals surface area contributed by atoms with Crippen LogP contribution >= 0.6 is 0 Å². The Bertz CT molecular complexity index is 571. The highest BCUT2D eigenvalue weighted by atomic mass is 16.5. The molecule has 1 aliphatic heterocycles. The lowest BCUT2D eigenvalue weighted by Gasteiger charge is -2.36.